The molecule has 3 rings (SSSR count). The fraction of sp³-hybridized carbons (Fsp3) is 0.524. The van der Waals surface area contributed by atoms with E-state index in [0.717, 1.165) is 29.7 Å². The Balaban J connectivity index is 1.91. The van der Waals surface area contributed by atoms with Crippen LogP contribution in [0.3, 0.4) is 0 Å². The maximum Gasteiger partial charge on any atom is 0.353 e. The van der Waals surface area contributed by atoms with E-state index in [2.05, 4.69) is 53.6 Å². The standard InChI is InChI=1S/C21H30N6O2/c1-13-7-8-15(9-14(13)2)24-18-17(27(28)29)19(23-12-22-18)25-16-10-20(3,4)26-21(5,6)11-16/h7-9,12,16,26H,10-11H2,1-6H3,(H2,22,23,24,25). The third-order valence-corrected chi connectivity index (χ3v) is 5.31. The molecule has 0 amide bonds. The number of piperidine rings is 1. The van der Waals surface area contributed by atoms with Gasteiger partial charge in [-0.3, -0.25) is 10.1 Å². The van der Waals surface area contributed by atoms with Crippen molar-refractivity contribution in [1.29, 1.82) is 0 Å². The van der Waals surface area contributed by atoms with E-state index in [9.17, 15) is 10.1 Å². The Morgan fingerprint density at radius 1 is 1.07 bits per heavy atom. The maximum atomic E-state index is 11.9. The van der Waals surface area contributed by atoms with E-state index in [1.807, 2.05) is 32.0 Å². The summed E-state index contributed by atoms with van der Waals surface area (Å²) >= 11 is 0. The second-order valence-electron chi connectivity index (χ2n) is 9.24. The zero-order chi connectivity index (χ0) is 21.4. The molecule has 0 spiro atoms. The van der Waals surface area contributed by atoms with Crippen molar-refractivity contribution in [1.82, 2.24) is 15.3 Å². The average Bonchev–Trinajstić information content (AvgIpc) is 2.55. The van der Waals surface area contributed by atoms with Crippen molar-refractivity contribution in [3.8, 4) is 0 Å². The van der Waals surface area contributed by atoms with E-state index in [1.54, 1.807) is 0 Å². The van der Waals surface area contributed by atoms with Gasteiger partial charge in [0.25, 0.3) is 0 Å². The summed E-state index contributed by atoms with van der Waals surface area (Å²) in [6.07, 6.45) is 3.02. The van der Waals surface area contributed by atoms with E-state index >= 15 is 0 Å². The molecule has 29 heavy (non-hydrogen) atoms. The van der Waals surface area contributed by atoms with Gasteiger partial charge in [-0.2, -0.15) is 0 Å². The second-order valence-corrected chi connectivity index (χ2v) is 9.24. The Morgan fingerprint density at radius 3 is 2.28 bits per heavy atom. The molecule has 0 unspecified atom stereocenters. The first-order valence-corrected chi connectivity index (χ1v) is 9.85. The first-order chi connectivity index (χ1) is 13.5. The minimum Gasteiger partial charge on any atom is -0.361 e. The molecule has 0 saturated carbocycles. The van der Waals surface area contributed by atoms with Crippen LogP contribution in [-0.2, 0) is 0 Å². The van der Waals surface area contributed by atoms with Crippen molar-refractivity contribution < 1.29 is 4.92 Å². The van der Waals surface area contributed by atoms with E-state index < -0.39 is 4.92 Å². The molecule has 2 aromatic rings. The van der Waals surface area contributed by atoms with Crippen molar-refractivity contribution in [3.05, 3.63) is 45.8 Å². The number of anilines is 3. The van der Waals surface area contributed by atoms with Gasteiger partial charge in [-0.25, -0.2) is 9.97 Å². The number of hydrogen-bond acceptors (Lipinski definition) is 7. The quantitative estimate of drug-likeness (QED) is 0.504. The average molecular weight is 399 g/mol. The first kappa shape index (κ1) is 21.0. The highest BCUT2D eigenvalue weighted by Crippen LogP contribution is 2.35. The molecule has 1 fully saturated rings. The Kier molecular flexibility index (Phi) is 5.49. The third-order valence-electron chi connectivity index (χ3n) is 5.31. The predicted molar refractivity (Wildman–Crippen MR) is 116 cm³/mol. The molecule has 1 aliphatic rings. The van der Waals surface area contributed by atoms with E-state index in [-0.39, 0.29) is 34.4 Å². The Hall–Kier alpha value is -2.74. The number of benzene rings is 1. The normalized spacial score (nSPS) is 18.3. The molecule has 8 heteroatoms. The van der Waals surface area contributed by atoms with Gasteiger partial charge >= 0.3 is 5.69 Å². The van der Waals surface area contributed by atoms with Crippen LogP contribution in [0.1, 0.15) is 51.7 Å². The van der Waals surface area contributed by atoms with Crippen molar-refractivity contribution in [2.45, 2.75) is 71.5 Å². The van der Waals surface area contributed by atoms with Crippen LogP contribution in [-0.4, -0.2) is 32.0 Å². The molecule has 0 aliphatic carbocycles. The minimum absolute atomic E-state index is 0.0596. The van der Waals surface area contributed by atoms with E-state index in [4.69, 9.17) is 0 Å². The highest BCUT2D eigenvalue weighted by atomic mass is 16.6. The summed E-state index contributed by atoms with van der Waals surface area (Å²) < 4.78 is 0. The number of hydrogen-bond donors (Lipinski definition) is 3. The van der Waals surface area contributed by atoms with Gasteiger partial charge in [-0.15, -0.1) is 0 Å². The van der Waals surface area contributed by atoms with Crippen LogP contribution < -0.4 is 16.0 Å². The van der Waals surface area contributed by atoms with Crippen molar-refractivity contribution in [2.75, 3.05) is 10.6 Å². The molecule has 0 atom stereocenters. The molecular formula is C21H30N6O2. The van der Waals surface area contributed by atoms with Crippen molar-refractivity contribution in [3.63, 3.8) is 0 Å². The van der Waals surface area contributed by atoms with Crippen molar-refractivity contribution in [2.24, 2.45) is 0 Å². The number of aryl methyl sites for hydroxylation is 2. The zero-order valence-corrected chi connectivity index (χ0v) is 18.0. The molecule has 8 nitrogen and oxygen atoms in total. The van der Waals surface area contributed by atoms with Crippen LogP contribution >= 0.6 is 0 Å². The lowest BCUT2D eigenvalue weighted by atomic mass is 9.79. The molecular weight excluding hydrogens is 368 g/mol. The van der Waals surface area contributed by atoms with Crippen LogP contribution in [0, 0.1) is 24.0 Å². The van der Waals surface area contributed by atoms with Gasteiger partial charge in [0.2, 0.25) is 11.6 Å². The Morgan fingerprint density at radius 2 is 1.69 bits per heavy atom. The van der Waals surface area contributed by atoms with E-state index in [0.29, 0.717) is 0 Å². The highest BCUT2D eigenvalue weighted by molar-refractivity contribution is 5.74. The van der Waals surface area contributed by atoms with Crippen LogP contribution in [0.25, 0.3) is 0 Å². The molecule has 1 saturated heterocycles. The molecule has 1 aliphatic heterocycles. The van der Waals surface area contributed by atoms with Gasteiger partial charge in [0.1, 0.15) is 6.33 Å². The summed E-state index contributed by atoms with van der Waals surface area (Å²) in [7, 11) is 0. The molecule has 1 aromatic heterocycles. The molecule has 0 bridgehead atoms. The number of rotatable bonds is 5. The van der Waals surface area contributed by atoms with Crippen LogP contribution in [0.4, 0.5) is 23.0 Å². The molecule has 3 N–H and O–H groups in total. The van der Waals surface area contributed by atoms with Crippen molar-refractivity contribution >= 4 is 23.0 Å². The number of aromatic nitrogens is 2. The van der Waals surface area contributed by atoms with Gasteiger partial charge in [0.15, 0.2) is 0 Å². The lowest BCUT2D eigenvalue weighted by molar-refractivity contribution is -0.383. The van der Waals surface area contributed by atoms with Gasteiger partial charge in [0, 0.05) is 22.8 Å². The summed E-state index contributed by atoms with van der Waals surface area (Å²) in [5.74, 6) is 0.429. The van der Waals surface area contributed by atoms with Gasteiger partial charge in [-0.05, 0) is 77.6 Å². The summed E-state index contributed by atoms with van der Waals surface area (Å²) in [5.41, 5.74) is 2.71. The predicted octanol–water partition coefficient (Wildman–Crippen LogP) is 4.47. The van der Waals surface area contributed by atoms with Crippen LogP contribution in [0.5, 0.6) is 0 Å². The molecule has 2 heterocycles. The number of nitrogens with one attached hydrogen (secondary N) is 3. The van der Waals surface area contributed by atoms with E-state index in [1.165, 1.54) is 6.33 Å². The monoisotopic (exact) mass is 398 g/mol. The SMILES string of the molecule is Cc1ccc(Nc2ncnc(NC3CC(C)(C)NC(C)(C)C3)c2[N+](=O)[O-])cc1C. The summed E-state index contributed by atoms with van der Waals surface area (Å²) in [4.78, 5) is 19.8. The highest BCUT2D eigenvalue weighted by Gasteiger charge is 2.38. The smallest absolute Gasteiger partial charge is 0.353 e. The Bertz CT molecular complexity index is 909. The molecule has 156 valence electrons. The fourth-order valence-corrected chi connectivity index (χ4v) is 4.32. The summed E-state index contributed by atoms with van der Waals surface area (Å²) in [6, 6.07) is 5.87. The van der Waals surface area contributed by atoms with Gasteiger partial charge in [-0.1, -0.05) is 6.07 Å². The number of nitro groups is 1. The topological polar surface area (TPSA) is 105 Å². The third kappa shape index (κ3) is 5.00. The lowest BCUT2D eigenvalue weighted by Crippen LogP contribution is -2.60. The second kappa shape index (κ2) is 7.59. The molecule has 1 aromatic carbocycles. The minimum atomic E-state index is -0.428. The van der Waals surface area contributed by atoms with Gasteiger partial charge in [0.05, 0.1) is 4.92 Å². The maximum absolute atomic E-state index is 11.9. The zero-order valence-electron chi connectivity index (χ0n) is 18.0. The summed E-state index contributed by atoms with van der Waals surface area (Å²) in [6.45, 7) is 12.6. The molecule has 0 radical (unpaired) electrons. The first-order valence-electron chi connectivity index (χ1n) is 9.85. The number of nitrogens with zero attached hydrogens (tertiary/aromatic N) is 3. The van der Waals surface area contributed by atoms with Crippen LogP contribution in [0.15, 0.2) is 24.5 Å². The largest absolute Gasteiger partial charge is 0.361 e. The Labute approximate surface area is 171 Å². The lowest BCUT2D eigenvalue weighted by Gasteiger charge is -2.46. The summed E-state index contributed by atoms with van der Waals surface area (Å²) in [5, 5.41) is 21.9. The van der Waals surface area contributed by atoms with Crippen LogP contribution in [0.2, 0.25) is 0 Å². The fourth-order valence-electron chi connectivity index (χ4n) is 4.32. The van der Waals surface area contributed by atoms with Gasteiger partial charge < -0.3 is 16.0 Å².